The minimum atomic E-state index is -0.697. The maximum Gasteiger partial charge on any atom is 0.414 e. The van der Waals surface area contributed by atoms with Gasteiger partial charge in [0, 0.05) is 18.0 Å². The Hall–Kier alpha value is -2.14. The van der Waals surface area contributed by atoms with Gasteiger partial charge < -0.3 is 10.1 Å². The number of hydrogen-bond acceptors (Lipinski definition) is 4. The summed E-state index contributed by atoms with van der Waals surface area (Å²) >= 11 is 0. The summed E-state index contributed by atoms with van der Waals surface area (Å²) in [4.78, 5) is 24.1. The molecule has 1 atom stereocenters. The van der Waals surface area contributed by atoms with E-state index in [1.165, 1.54) is 0 Å². The number of rotatable bonds is 4. The van der Waals surface area contributed by atoms with E-state index in [1.807, 2.05) is 37.3 Å². The molecule has 0 bridgehead atoms. The van der Waals surface area contributed by atoms with Gasteiger partial charge in [-0.25, -0.2) is 4.79 Å². The highest BCUT2D eigenvalue weighted by Crippen LogP contribution is 2.27. The molecule has 22 heavy (non-hydrogen) atoms. The summed E-state index contributed by atoms with van der Waals surface area (Å²) in [6.07, 6.45) is 0.187. The standard InChI is InChI=1S/C17H22N2O3/c1-3-22-17(21)19-16(20)15(14-9-10-18-11-14)12(2)13-7-5-4-6-8-13/h4-8,14,18H,3,9-11H2,1-2H3,(H,19,20,21)/b15-12-. The van der Waals surface area contributed by atoms with E-state index in [2.05, 4.69) is 10.6 Å². The quantitative estimate of drug-likeness (QED) is 0.838. The number of carbonyl (C=O) groups is 2. The molecule has 0 saturated carbocycles. The van der Waals surface area contributed by atoms with Gasteiger partial charge in [-0.2, -0.15) is 0 Å². The van der Waals surface area contributed by atoms with Crippen molar-refractivity contribution in [3.05, 3.63) is 41.5 Å². The third kappa shape index (κ3) is 3.95. The lowest BCUT2D eigenvalue weighted by Crippen LogP contribution is -2.35. The Morgan fingerprint density at radius 1 is 1.32 bits per heavy atom. The SMILES string of the molecule is CCOC(=O)NC(=O)/C(=C(/C)c1ccccc1)C1CCNC1. The van der Waals surface area contributed by atoms with Crippen LogP contribution in [0.15, 0.2) is 35.9 Å². The molecular formula is C17H22N2O3. The topological polar surface area (TPSA) is 67.4 Å². The Balaban J connectivity index is 2.30. The average molecular weight is 302 g/mol. The third-order valence-electron chi connectivity index (χ3n) is 3.82. The lowest BCUT2D eigenvalue weighted by molar-refractivity contribution is -0.117. The molecular weight excluding hydrogens is 280 g/mol. The van der Waals surface area contributed by atoms with Crippen molar-refractivity contribution >= 4 is 17.6 Å². The van der Waals surface area contributed by atoms with Crippen LogP contribution in [-0.4, -0.2) is 31.7 Å². The van der Waals surface area contributed by atoms with Gasteiger partial charge in [-0.3, -0.25) is 10.1 Å². The normalized spacial score (nSPS) is 18.5. The van der Waals surface area contributed by atoms with E-state index in [0.29, 0.717) is 5.57 Å². The minimum absolute atomic E-state index is 0.106. The van der Waals surface area contributed by atoms with Crippen LogP contribution >= 0.6 is 0 Å². The van der Waals surface area contributed by atoms with Crippen LogP contribution in [0.25, 0.3) is 5.57 Å². The molecule has 1 heterocycles. The Morgan fingerprint density at radius 3 is 2.64 bits per heavy atom. The Kier molecular flexibility index (Phi) is 5.72. The largest absolute Gasteiger partial charge is 0.450 e. The second-order valence-electron chi connectivity index (χ2n) is 5.27. The molecule has 1 aliphatic rings. The molecule has 1 aromatic carbocycles. The fourth-order valence-electron chi connectivity index (χ4n) is 2.73. The van der Waals surface area contributed by atoms with E-state index in [1.54, 1.807) is 6.92 Å². The molecule has 2 amide bonds. The van der Waals surface area contributed by atoms with Crippen LogP contribution in [0.2, 0.25) is 0 Å². The molecule has 0 aliphatic carbocycles. The van der Waals surface area contributed by atoms with Gasteiger partial charge in [0.15, 0.2) is 0 Å². The number of hydrogen-bond donors (Lipinski definition) is 2. The van der Waals surface area contributed by atoms with Gasteiger partial charge in [-0.05, 0) is 37.9 Å². The molecule has 0 spiro atoms. The highest BCUT2D eigenvalue weighted by molar-refractivity contribution is 6.07. The van der Waals surface area contributed by atoms with Gasteiger partial charge in [-0.15, -0.1) is 0 Å². The number of amides is 2. The van der Waals surface area contributed by atoms with Crippen LogP contribution in [0.3, 0.4) is 0 Å². The number of benzene rings is 1. The summed E-state index contributed by atoms with van der Waals surface area (Å²) in [6, 6.07) is 9.75. The molecule has 1 unspecified atom stereocenters. The van der Waals surface area contributed by atoms with Gasteiger partial charge in [0.2, 0.25) is 0 Å². The van der Waals surface area contributed by atoms with Crippen molar-refractivity contribution < 1.29 is 14.3 Å². The van der Waals surface area contributed by atoms with Gasteiger partial charge in [0.25, 0.3) is 5.91 Å². The molecule has 0 radical (unpaired) electrons. The zero-order valence-electron chi connectivity index (χ0n) is 13.0. The zero-order chi connectivity index (χ0) is 15.9. The smallest absolute Gasteiger partial charge is 0.414 e. The summed E-state index contributed by atoms with van der Waals surface area (Å²) in [5, 5.41) is 5.58. The third-order valence-corrected chi connectivity index (χ3v) is 3.82. The number of nitrogens with one attached hydrogen (secondary N) is 2. The summed E-state index contributed by atoms with van der Waals surface area (Å²) in [5.74, 6) is -0.261. The molecule has 0 aromatic heterocycles. The first-order chi connectivity index (χ1) is 10.6. The van der Waals surface area contributed by atoms with Crippen molar-refractivity contribution in [2.24, 2.45) is 5.92 Å². The molecule has 5 heteroatoms. The van der Waals surface area contributed by atoms with E-state index < -0.39 is 6.09 Å². The highest BCUT2D eigenvalue weighted by Gasteiger charge is 2.27. The van der Waals surface area contributed by atoms with E-state index in [9.17, 15) is 9.59 Å². The van der Waals surface area contributed by atoms with E-state index in [0.717, 1.165) is 30.6 Å². The number of alkyl carbamates (subject to hydrolysis) is 1. The molecule has 1 saturated heterocycles. The molecule has 1 aliphatic heterocycles. The fourth-order valence-corrected chi connectivity index (χ4v) is 2.73. The second-order valence-corrected chi connectivity index (χ2v) is 5.27. The van der Waals surface area contributed by atoms with Crippen molar-refractivity contribution in [1.29, 1.82) is 0 Å². The zero-order valence-corrected chi connectivity index (χ0v) is 13.0. The molecule has 1 aromatic rings. The molecule has 118 valence electrons. The van der Waals surface area contributed by atoms with Crippen LogP contribution in [-0.2, 0) is 9.53 Å². The summed E-state index contributed by atoms with van der Waals surface area (Å²) in [5.41, 5.74) is 2.55. The van der Waals surface area contributed by atoms with Gasteiger partial charge in [-0.1, -0.05) is 30.3 Å². The maximum atomic E-state index is 12.5. The Morgan fingerprint density at radius 2 is 2.05 bits per heavy atom. The first-order valence-electron chi connectivity index (χ1n) is 7.58. The van der Waals surface area contributed by atoms with Crippen molar-refractivity contribution in [2.75, 3.05) is 19.7 Å². The van der Waals surface area contributed by atoms with Crippen molar-refractivity contribution in [3.8, 4) is 0 Å². The van der Waals surface area contributed by atoms with Crippen molar-refractivity contribution in [1.82, 2.24) is 10.6 Å². The van der Waals surface area contributed by atoms with Crippen LogP contribution < -0.4 is 10.6 Å². The van der Waals surface area contributed by atoms with Gasteiger partial charge >= 0.3 is 6.09 Å². The maximum absolute atomic E-state index is 12.5. The Bertz CT molecular complexity index is 561. The number of allylic oxidation sites excluding steroid dienone is 1. The lowest BCUT2D eigenvalue weighted by atomic mass is 9.90. The number of imide groups is 1. The van der Waals surface area contributed by atoms with E-state index in [-0.39, 0.29) is 18.4 Å². The monoisotopic (exact) mass is 302 g/mol. The lowest BCUT2D eigenvalue weighted by Gasteiger charge is -2.17. The summed E-state index contributed by atoms with van der Waals surface area (Å²) < 4.78 is 4.80. The predicted molar refractivity (Wildman–Crippen MR) is 85.2 cm³/mol. The Labute approximate surface area is 130 Å². The summed E-state index contributed by atoms with van der Waals surface area (Å²) in [7, 11) is 0. The highest BCUT2D eigenvalue weighted by atomic mass is 16.5. The summed E-state index contributed by atoms with van der Waals surface area (Å²) in [6.45, 7) is 5.49. The molecule has 1 fully saturated rings. The van der Waals surface area contributed by atoms with Gasteiger partial charge in [0.1, 0.15) is 0 Å². The fraction of sp³-hybridized carbons (Fsp3) is 0.412. The minimum Gasteiger partial charge on any atom is -0.450 e. The number of carbonyl (C=O) groups excluding carboxylic acids is 2. The molecule has 2 rings (SSSR count). The van der Waals surface area contributed by atoms with Crippen LogP contribution in [0.4, 0.5) is 4.79 Å². The second kappa shape index (κ2) is 7.75. The van der Waals surface area contributed by atoms with Crippen LogP contribution in [0.5, 0.6) is 0 Å². The van der Waals surface area contributed by atoms with Crippen molar-refractivity contribution in [3.63, 3.8) is 0 Å². The molecule has 2 N–H and O–H groups in total. The van der Waals surface area contributed by atoms with Crippen LogP contribution in [0.1, 0.15) is 25.8 Å². The van der Waals surface area contributed by atoms with Crippen molar-refractivity contribution in [2.45, 2.75) is 20.3 Å². The first kappa shape index (κ1) is 16.2. The van der Waals surface area contributed by atoms with E-state index >= 15 is 0 Å². The molecule has 5 nitrogen and oxygen atoms in total. The van der Waals surface area contributed by atoms with Gasteiger partial charge in [0.05, 0.1) is 6.61 Å². The predicted octanol–water partition coefficient (Wildman–Crippen LogP) is 2.34. The van der Waals surface area contributed by atoms with E-state index in [4.69, 9.17) is 4.74 Å². The average Bonchev–Trinajstić information content (AvgIpc) is 3.02. The number of ether oxygens (including phenoxy) is 1. The van der Waals surface area contributed by atoms with Crippen LogP contribution in [0, 0.1) is 5.92 Å². The first-order valence-corrected chi connectivity index (χ1v) is 7.58.